The second-order valence-corrected chi connectivity index (χ2v) is 5.49. The van der Waals surface area contributed by atoms with Crippen LogP contribution in [-0.4, -0.2) is 42.8 Å². The molecule has 2 rings (SSSR count). The second-order valence-electron chi connectivity index (χ2n) is 5.49. The maximum absolute atomic E-state index is 6.05. The van der Waals surface area contributed by atoms with Crippen molar-refractivity contribution in [2.45, 2.75) is 31.9 Å². The molecule has 3 nitrogen and oxygen atoms in total. The minimum atomic E-state index is 0.0272. The minimum Gasteiger partial charge on any atom is -0.376 e. The molecule has 2 N–H and O–H groups in total. The van der Waals surface area contributed by atoms with Gasteiger partial charge in [0.25, 0.3) is 0 Å². The topological polar surface area (TPSA) is 38.5 Å². The highest BCUT2D eigenvalue weighted by molar-refractivity contribution is 5.18. The summed E-state index contributed by atoms with van der Waals surface area (Å²) in [4.78, 5) is 2.48. The molecule has 0 radical (unpaired) electrons. The van der Waals surface area contributed by atoms with Crippen molar-refractivity contribution < 1.29 is 4.74 Å². The van der Waals surface area contributed by atoms with Crippen molar-refractivity contribution in [2.75, 3.05) is 26.2 Å². The first-order valence-corrected chi connectivity index (χ1v) is 6.75. The van der Waals surface area contributed by atoms with Crippen molar-refractivity contribution in [1.82, 2.24) is 4.90 Å². The monoisotopic (exact) mass is 248 g/mol. The quantitative estimate of drug-likeness (QED) is 0.881. The van der Waals surface area contributed by atoms with Crippen molar-refractivity contribution in [1.29, 1.82) is 0 Å². The van der Waals surface area contributed by atoms with Crippen LogP contribution in [-0.2, 0) is 11.2 Å². The number of benzene rings is 1. The van der Waals surface area contributed by atoms with Gasteiger partial charge in [0, 0.05) is 25.2 Å². The molecule has 2 unspecified atom stereocenters. The van der Waals surface area contributed by atoms with Crippen LogP contribution < -0.4 is 5.73 Å². The lowest BCUT2D eigenvalue weighted by atomic mass is 9.90. The smallest absolute Gasteiger partial charge is 0.0674 e. The molecule has 0 bridgehead atoms. The summed E-state index contributed by atoms with van der Waals surface area (Å²) in [6.07, 6.45) is 1.30. The fourth-order valence-electron chi connectivity index (χ4n) is 2.66. The average Bonchev–Trinajstić information content (AvgIpc) is 2.40. The lowest BCUT2D eigenvalue weighted by Crippen LogP contribution is -2.58. The number of nitrogens with zero attached hydrogens (tertiary/aromatic N) is 1. The number of nitrogens with two attached hydrogens (primary N) is 1. The fraction of sp³-hybridized carbons (Fsp3) is 0.600. The maximum atomic E-state index is 6.05. The van der Waals surface area contributed by atoms with E-state index in [2.05, 4.69) is 49.1 Å². The van der Waals surface area contributed by atoms with Gasteiger partial charge in [-0.05, 0) is 25.8 Å². The Kier molecular flexibility index (Phi) is 4.38. The zero-order valence-corrected chi connectivity index (χ0v) is 11.4. The normalized spacial score (nSPS) is 24.7. The Hall–Kier alpha value is -0.900. The molecule has 1 heterocycles. The van der Waals surface area contributed by atoms with Crippen LogP contribution in [0.3, 0.4) is 0 Å². The van der Waals surface area contributed by atoms with Crippen LogP contribution >= 0.6 is 0 Å². The van der Waals surface area contributed by atoms with Gasteiger partial charge >= 0.3 is 0 Å². The Morgan fingerprint density at radius 1 is 1.39 bits per heavy atom. The molecule has 0 amide bonds. The molecule has 3 heteroatoms. The standard InChI is InChI=1S/C15H24N2O/c1-13-11-17(8-9-18-13)15(2,12-16)10-14-6-4-3-5-7-14/h3-7,13H,8-12,16H2,1-2H3. The van der Waals surface area contributed by atoms with Crippen LogP contribution in [0.5, 0.6) is 0 Å². The Bertz CT molecular complexity index is 368. The molecule has 1 saturated heterocycles. The Balaban J connectivity index is 2.09. The van der Waals surface area contributed by atoms with Gasteiger partial charge in [-0.15, -0.1) is 0 Å². The molecule has 1 fully saturated rings. The van der Waals surface area contributed by atoms with Crippen molar-refractivity contribution in [3.8, 4) is 0 Å². The van der Waals surface area contributed by atoms with E-state index in [9.17, 15) is 0 Å². The van der Waals surface area contributed by atoms with Gasteiger partial charge in [-0.1, -0.05) is 30.3 Å². The maximum Gasteiger partial charge on any atom is 0.0674 e. The first-order chi connectivity index (χ1) is 8.64. The van der Waals surface area contributed by atoms with E-state index in [1.807, 2.05) is 0 Å². The van der Waals surface area contributed by atoms with Crippen LogP contribution in [0.15, 0.2) is 30.3 Å². The molecule has 0 aromatic heterocycles. The predicted molar refractivity (Wildman–Crippen MR) is 74.6 cm³/mol. The van der Waals surface area contributed by atoms with E-state index >= 15 is 0 Å². The highest BCUT2D eigenvalue weighted by Gasteiger charge is 2.33. The number of morpholine rings is 1. The molecule has 18 heavy (non-hydrogen) atoms. The number of ether oxygens (including phenoxy) is 1. The molecule has 100 valence electrons. The molecule has 2 atom stereocenters. The third-order valence-electron chi connectivity index (χ3n) is 3.87. The minimum absolute atomic E-state index is 0.0272. The summed E-state index contributed by atoms with van der Waals surface area (Å²) in [7, 11) is 0. The van der Waals surface area contributed by atoms with Gasteiger partial charge in [-0.2, -0.15) is 0 Å². The predicted octanol–water partition coefficient (Wildman–Crippen LogP) is 1.67. The first-order valence-electron chi connectivity index (χ1n) is 6.75. The highest BCUT2D eigenvalue weighted by Crippen LogP contribution is 2.22. The molecular weight excluding hydrogens is 224 g/mol. The molecule has 1 aliphatic heterocycles. The van der Waals surface area contributed by atoms with Gasteiger partial charge in [0.1, 0.15) is 0 Å². The van der Waals surface area contributed by atoms with Crippen molar-refractivity contribution in [3.05, 3.63) is 35.9 Å². The summed E-state index contributed by atoms with van der Waals surface area (Å²) in [6.45, 7) is 7.83. The SMILES string of the molecule is CC1CN(C(C)(CN)Cc2ccccc2)CCO1. The van der Waals surface area contributed by atoms with E-state index in [1.165, 1.54) is 5.56 Å². The van der Waals surface area contributed by atoms with Gasteiger partial charge in [0.05, 0.1) is 12.7 Å². The van der Waals surface area contributed by atoms with Crippen LogP contribution in [0.25, 0.3) is 0 Å². The summed E-state index contributed by atoms with van der Waals surface area (Å²) >= 11 is 0. The lowest BCUT2D eigenvalue weighted by molar-refractivity contribution is -0.0560. The van der Waals surface area contributed by atoms with E-state index in [0.717, 1.165) is 26.1 Å². The third kappa shape index (κ3) is 3.10. The summed E-state index contributed by atoms with van der Waals surface area (Å²) < 4.78 is 5.62. The van der Waals surface area contributed by atoms with Gasteiger partial charge in [0.15, 0.2) is 0 Å². The third-order valence-corrected chi connectivity index (χ3v) is 3.87. The number of hydrogen-bond donors (Lipinski definition) is 1. The van der Waals surface area contributed by atoms with Gasteiger partial charge < -0.3 is 10.5 Å². The van der Waals surface area contributed by atoms with E-state index in [4.69, 9.17) is 10.5 Å². The number of rotatable bonds is 4. The molecule has 0 spiro atoms. The summed E-state index contributed by atoms with van der Waals surface area (Å²) in [5, 5.41) is 0. The largest absolute Gasteiger partial charge is 0.376 e. The molecule has 0 aliphatic carbocycles. The lowest BCUT2D eigenvalue weighted by Gasteiger charge is -2.44. The number of hydrogen-bond acceptors (Lipinski definition) is 3. The van der Waals surface area contributed by atoms with Crippen LogP contribution in [0.2, 0.25) is 0 Å². The Morgan fingerprint density at radius 3 is 2.72 bits per heavy atom. The summed E-state index contributed by atoms with van der Waals surface area (Å²) in [5.74, 6) is 0. The van der Waals surface area contributed by atoms with Crippen LogP contribution in [0.4, 0.5) is 0 Å². The fourth-order valence-corrected chi connectivity index (χ4v) is 2.66. The molecule has 0 saturated carbocycles. The van der Waals surface area contributed by atoms with Crippen LogP contribution in [0.1, 0.15) is 19.4 Å². The molecular formula is C15H24N2O. The molecule has 1 aliphatic rings. The molecule has 1 aromatic carbocycles. The Labute approximate surface area is 110 Å². The second kappa shape index (κ2) is 5.83. The molecule has 1 aromatic rings. The van der Waals surface area contributed by atoms with Gasteiger partial charge in [-0.3, -0.25) is 4.90 Å². The zero-order valence-electron chi connectivity index (χ0n) is 11.4. The Morgan fingerprint density at radius 2 is 2.11 bits per heavy atom. The van der Waals surface area contributed by atoms with Crippen molar-refractivity contribution >= 4 is 0 Å². The van der Waals surface area contributed by atoms with Crippen molar-refractivity contribution in [2.24, 2.45) is 5.73 Å². The summed E-state index contributed by atoms with van der Waals surface area (Å²) in [5.41, 5.74) is 7.43. The van der Waals surface area contributed by atoms with Crippen LogP contribution in [0, 0.1) is 0 Å². The zero-order chi connectivity index (χ0) is 13.0. The van der Waals surface area contributed by atoms with Crippen molar-refractivity contribution in [3.63, 3.8) is 0 Å². The van der Waals surface area contributed by atoms with Gasteiger partial charge in [-0.25, -0.2) is 0 Å². The highest BCUT2D eigenvalue weighted by atomic mass is 16.5. The summed E-state index contributed by atoms with van der Waals surface area (Å²) in [6, 6.07) is 10.6. The van der Waals surface area contributed by atoms with E-state index < -0.39 is 0 Å². The van der Waals surface area contributed by atoms with Gasteiger partial charge in [0.2, 0.25) is 0 Å². The first kappa shape index (κ1) is 13.5. The van der Waals surface area contributed by atoms with E-state index in [0.29, 0.717) is 12.6 Å². The average molecular weight is 248 g/mol. The van der Waals surface area contributed by atoms with E-state index in [-0.39, 0.29) is 5.54 Å². The van der Waals surface area contributed by atoms with E-state index in [1.54, 1.807) is 0 Å².